The van der Waals surface area contributed by atoms with Gasteiger partial charge in [-0.1, -0.05) is 24.3 Å². The Hall–Kier alpha value is -1.67. The first-order chi connectivity index (χ1) is 9.65. The topological polar surface area (TPSA) is 33.1 Å². The third-order valence-electron chi connectivity index (χ3n) is 4.24. The van der Waals surface area contributed by atoms with Crippen molar-refractivity contribution in [1.82, 2.24) is 4.98 Å². The van der Waals surface area contributed by atoms with Gasteiger partial charge >= 0.3 is 0 Å². The van der Waals surface area contributed by atoms with Crippen LogP contribution in [0.1, 0.15) is 42.0 Å². The molecular weight excluding hydrogens is 246 g/mol. The molecule has 104 valence electrons. The molecule has 0 fully saturated rings. The summed E-state index contributed by atoms with van der Waals surface area (Å²) in [7, 11) is 0. The average molecular weight is 267 g/mol. The van der Waals surface area contributed by atoms with Crippen LogP contribution in [0.3, 0.4) is 0 Å². The Morgan fingerprint density at radius 1 is 1.15 bits per heavy atom. The molecule has 1 atom stereocenters. The predicted molar refractivity (Wildman–Crippen MR) is 80.6 cm³/mol. The van der Waals surface area contributed by atoms with Gasteiger partial charge in [0, 0.05) is 18.8 Å². The largest absolute Gasteiger partial charge is 0.385 e. The van der Waals surface area contributed by atoms with Crippen LogP contribution in [0.25, 0.3) is 0 Å². The van der Waals surface area contributed by atoms with Gasteiger partial charge in [-0.2, -0.15) is 0 Å². The molecule has 1 aliphatic carbocycles. The van der Waals surface area contributed by atoms with Crippen LogP contribution in [0.15, 0.2) is 42.7 Å². The maximum atomic E-state index is 10.8. The molecule has 2 aromatic rings. The molecule has 0 spiro atoms. The van der Waals surface area contributed by atoms with E-state index in [0.29, 0.717) is 6.42 Å². The van der Waals surface area contributed by atoms with Crippen LogP contribution in [0.5, 0.6) is 0 Å². The van der Waals surface area contributed by atoms with E-state index in [9.17, 15) is 5.11 Å². The van der Waals surface area contributed by atoms with Gasteiger partial charge < -0.3 is 5.11 Å². The minimum Gasteiger partial charge on any atom is -0.385 e. The fraction of sp³-hybridized carbons (Fsp3) is 0.389. The predicted octanol–water partition coefficient (Wildman–Crippen LogP) is 3.41. The number of aromatic nitrogens is 1. The molecule has 0 radical (unpaired) electrons. The van der Waals surface area contributed by atoms with Gasteiger partial charge in [-0.05, 0) is 60.9 Å². The highest BCUT2D eigenvalue weighted by molar-refractivity contribution is 5.37. The monoisotopic (exact) mass is 267 g/mol. The maximum absolute atomic E-state index is 10.8. The number of benzene rings is 1. The highest BCUT2D eigenvalue weighted by Crippen LogP contribution is 2.29. The minimum atomic E-state index is -0.838. The van der Waals surface area contributed by atoms with E-state index in [4.69, 9.17) is 0 Å². The third kappa shape index (κ3) is 2.75. The molecule has 1 N–H and O–H groups in total. The van der Waals surface area contributed by atoms with E-state index >= 15 is 0 Å². The van der Waals surface area contributed by atoms with Crippen LogP contribution in [-0.2, 0) is 24.9 Å². The molecule has 1 heterocycles. The zero-order chi connectivity index (χ0) is 14.0. The quantitative estimate of drug-likeness (QED) is 0.924. The lowest BCUT2D eigenvalue weighted by Crippen LogP contribution is -2.25. The summed E-state index contributed by atoms with van der Waals surface area (Å²) in [6.07, 6.45) is 9.07. The lowest BCUT2D eigenvalue weighted by Gasteiger charge is -2.26. The lowest BCUT2D eigenvalue weighted by atomic mass is 9.84. The first-order valence-corrected chi connectivity index (χ1v) is 7.39. The van der Waals surface area contributed by atoms with E-state index in [1.54, 1.807) is 6.20 Å². The first kappa shape index (κ1) is 13.3. The van der Waals surface area contributed by atoms with Gasteiger partial charge in [-0.15, -0.1) is 0 Å². The molecule has 1 aromatic carbocycles. The number of rotatable bonds is 3. The summed E-state index contributed by atoms with van der Waals surface area (Å²) in [4.78, 5) is 4.12. The summed E-state index contributed by atoms with van der Waals surface area (Å²) in [6, 6.07) is 10.4. The van der Waals surface area contributed by atoms with E-state index in [2.05, 4.69) is 23.2 Å². The Morgan fingerprint density at radius 2 is 1.95 bits per heavy atom. The van der Waals surface area contributed by atoms with Gasteiger partial charge in [0.1, 0.15) is 0 Å². The Kier molecular flexibility index (Phi) is 3.58. The Labute approximate surface area is 120 Å². The molecule has 0 amide bonds. The summed E-state index contributed by atoms with van der Waals surface area (Å²) >= 11 is 0. The van der Waals surface area contributed by atoms with Crippen LogP contribution in [0, 0.1) is 0 Å². The van der Waals surface area contributed by atoms with Crippen molar-refractivity contribution in [3.63, 3.8) is 0 Å². The number of aliphatic hydroxyl groups is 1. The van der Waals surface area contributed by atoms with E-state index in [1.807, 2.05) is 25.3 Å². The van der Waals surface area contributed by atoms with Crippen LogP contribution in [0.2, 0.25) is 0 Å². The smallest absolute Gasteiger partial charge is 0.0909 e. The van der Waals surface area contributed by atoms with Crippen molar-refractivity contribution in [1.29, 1.82) is 0 Å². The van der Waals surface area contributed by atoms with Gasteiger partial charge in [0.25, 0.3) is 0 Å². The summed E-state index contributed by atoms with van der Waals surface area (Å²) in [5.41, 5.74) is 4.12. The second-order valence-corrected chi connectivity index (χ2v) is 6.00. The second-order valence-electron chi connectivity index (χ2n) is 6.00. The van der Waals surface area contributed by atoms with Crippen molar-refractivity contribution in [3.8, 4) is 0 Å². The maximum Gasteiger partial charge on any atom is 0.0909 e. The van der Waals surface area contributed by atoms with Crippen LogP contribution < -0.4 is 0 Å². The van der Waals surface area contributed by atoms with Crippen molar-refractivity contribution >= 4 is 0 Å². The third-order valence-corrected chi connectivity index (χ3v) is 4.24. The summed E-state index contributed by atoms with van der Waals surface area (Å²) in [6.45, 7) is 1.89. The van der Waals surface area contributed by atoms with Crippen molar-refractivity contribution in [3.05, 3.63) is 65.0 Å². The van der Waals surface area contributed by atoms with E-state index in [0.717, 1.165) is 17.5 Å². The second kappa shape index (κ2) is 5.37. The lowest BCUT2D eigenvalue weighted by molar-refractivity contribution is 0.0574. The molecule has 2 nitrogen and oxygen atoms in total. The standard InChI is InChI=1S/C18H21NO/c1-18(20,12-14-5-4-10-19-13-14)17-9-8-15-6-2-3-7-16(15)11-17/h4-5,8-11,13,20H,2-3,6-7,12H2,1H3. The molecule has 1 aromatic heterocycles. The molecule has 0 saturated heterocycles. The molecule has 0 aliphatic heterocycles. The number of fused-ring (bicyclic) bond motifs is 1. The fourth-order valence-corrected chi connectivity index (χ4v) is 3.07. The van der Waals surface area contributed by atoms with Gasteiger partial charge in [0.2, 0.25) is 0 Å². The van der Waals surface area contributed by atoms with E-state index in [-0.39, 0.29) is 0 Å². The summed E-state index contributed by atoms with van der Waals surface area (Å²) < 4.78 is 0. The SMILES string of the molecule is CC(O)(Cc1cccnc1)c1ccc2c(c1)CCCC2. The number of hydrogen-bond acceptors (Lipinski definition) is 2. The van der Waals surface area contributed by atoms with E-state index < -0.39 is 5.60 Å². The number of pyridine rings is 1. The fourth-order valence-electron chi connectivity index (χ4n) is 3.07. The normalized spacial score (nSPS) is 17.3. The Balaban J connectivity index is 1.87. The van der Waals surface area contributed by atoms with Gasteiger partial charge in [0.05, 0.1) is 5.60 Å². The molecule has 0 bridgehead atoms. The van der Waals surface area contributed by atoms with Gasteiger partial charge in [-0.3, -0.25) is 4.98 Å². The summed E-state index contributed by atoms with van der Waals surface area (Å²) in [5.74, 6) is 0. The number of hydrogen-bond donors (Lipinski definition) is 1. The Morgan fingerprint density at radius 3 is 2.70 bits per heavy atom. The molecule has 3 rings (SSSR count). The van der Waals surface area contributed by atoms with Crippen molar-refractivity contribution < 1.29 is 5.11 Å². The zero-order valence-electron chi connectivity index (χ0n) is 12.0. The first-order valence-electron chi connectivity index (χ1n) is 7.39. The number of aryl methyl sites for hydroxylation is 2. The molecule has 20 heavy (non-hydrogen) atoms. The molecule has 2 heteroatoms. The van der Waals surface area contributed by atoms with Gasteiger partial charge in [-0.25, -0.2) is 0 Å². The average Bonchev–Trinajstić information content (AvgIpc) is 2.47. The van der Waals surface area contributed by atoms with Crippen LogP contribution in [-0.4, -0.2) is 10.1 Å². The van der Waals surface area contributed by atoms with Crippen LogP contribution >= 0.6 is 0 Å². The van der Waals surface area contributed by atoms with E-state index in [1.165, 1.54) is 30.4 Å². The molecule has 1 aliphatic rings. The van der Waals surface area contributed by atoms with Gasteiger partial charge in [0.15, 0.2) is 0 Å². The molecular formula is C18H21NO. The minimum absolute atomic E-state index is 0.597. The van der Waals surface area contributed by atoms with Crippen molar-refractivity contribution in [2.24, 2.45) is 0 Å². The summed E-state index contributed by atoms with van der Waals surface area (Å²) in [5, 5.41) is 10.8. The highest BCUT2D eigenvalue weighted by atomic mass is 16.3. The highest BCUT2D eigenvalue weighted by Gasteiger charge is 2.25. The molecule has 1 unspecified atom stereocenters. The Bertz CT molecular complexity index is 590. The molecule has 0 saturated carbocycles. The van der Waals surface area contributed by atoms with Crippen molar-refractivity contribution in [2.75, 3.05) is 0 Å². The van der Waals surface area contributed by atoms with Crippen LogP contribution in [0.4, 0.5) is 0 Å². The van der Waals surface area contributed by atoms with Crippen molar-refractivity contribution in [2.45, 2.75) is 44.6 Å². The number of nitrogens with zero attached hydrogens (tertiary/aromatic N) is 1. The zero-order valence-corrected chi connectivity index (χ0v) is 12.0.